The number of fused-ring (bicyclic) bond motifs is 1. The topological polar surface area (TPSA) is 86.3 Å². The van der Waals surface area contributed by atoms with E-state index in [-0.39, 0.29) is 17.2 Å². The number of nitrogens with zero attached hydrogens (tertiary/aromatic N) is 2. The van der Waals surface area contributed by atoms with E-state index in [1.807, 2.05) is 6.92 Å². The van der Waals surface area contributed by atoms with Gasteiger partial charge >= 0.3 is 0 Å². The summed E-state index contributed by atoms with van der Waals surface area (Å²) in [5, 5.41) is 17.7. The van der Waals surface area contributed by atoms with Gasteiger partial charge in [0.2, 0.25) is 0 Å². The number of hydrogen-bond acceptors (Lipinski definition) is 4. The van der Waals surface area contributed by atoms with Crippen molar-refractivity contribution in [3.63, 3.8) is 0 Å². The van der Waals surface area contributed by atoms with Gasteiger partial charge in [0.1, 0.15) is 0 Å². The number of piperidine rings is 1. The van der Waals surface area contributed by atoms with Crippen molar-refractivity contribution in [3.05, 3.63) is 40.3 Å². The summed E-state index contributed by atoms with van der Waals surface area (Å²) in [6.45, 7) is 2.81. The first-order valence-electron chi connectivity index (χ1n) is 7.53. The van der Waals surface area contributed by atoms with Crippen LogP contribution in [0.3, 0.4) is 0 Å². The fourth-order valence-corrected chi connectivity index (χ4v) is 3.00. The van der Waals surface area contributed by atoms with Crippen LogP contribution in [0, 0.1) is 0 Å². The van der Waals surface area contributed by atoms with E-state index in [1.165, 1.54) is 0 Å². The fourth-order valence-electron chi connectivity index (χ4n) is 3.00. The third-order valence-corrected chi connectivity index (χ3v) is 4.40. The van der Waals surface area contributed by atoms with Crippen LogP contribution >= 0.6 is 0 Å². The van der Waals surface area contributed by atoms with Crippen LogP contribution in [0.4, 0.5) is 0 Å². The summed E-state index contributed by atoms with van der Waals surface area (Å²) in [5.74, 6) is -0.251. The van der Waals surface area contributed by atoms with Gasteiger partial charge in [-0.3, -0.25) is 9.59 Å². The van der Waals surface area contributed by atoms with Gasteiger partial charge in [0.05, 0.1) is 11.0 Å². The van der Waals surface area contributed by atoms with Crippen molar-refractivity contribution in [2.24, 2.45) is 0 Å². The van der Waals surface area contributed by atoms with E-state index in [2.05, 4.69) is 10.2 Å². The standard InChI is InChI=1S/C16H19N3O3/c1-2-16(22)8-5-9-19(10-16)15(21)13-11-6-3-4-7-12(11)14(20)18-17-13/h3-4,6-7,22H,2,5,8-10H2,1H3,(H,18,20). The molecule has 0 bridgehead atoms. The highest BCUT2D eigenvalue weighted by molar-refractivity contribution is 6.04. The Hall–Kier alpha value is -2.21. The highest BCUT2D eigenvalue weighted by atomic mass is 16.3. The summed E-state index contributed by atoms with van der Waals surface area (Å²) in [7, 11) is 0. The monoisotopic (exact) mass is 301 g/mol. The molecule has 0 saturated carbocycles. The zero-order chi connectivity index (χ0) is 15.7. The van der Waals surface area contributed by atoms with E-state index in [1.54, 1.807) is 29.2 Å². The maximum atomic E-state index is 12.8. The third kappa shape index (κ3) is 2.50. The van der Waals surface area contributed by atoms with Gasteiger partial charge in [-0.2, -0.15) is 5.10 Å². The Morgan fingerprint density at radius 3 is 2.86 bits per heavy atom. The summed E-state index contributed by atoms with van der Waals surface area (Å²) < 4.78 is 0. The molecule has 1 aromatic heterocycles. The molecule has 1 saturated heterocycles. The number of aromatic amines is 1. The molecule has 6 heteroatoms. The van der Waals surface area contributed by atoms with Gasteiger partial charge in [-0.25, -0.2) is 5.10 Å². The number of likely N-dealkylation sites (tertiary alicyclic amines) is 1. The molecule has 2 aromatic rings. The van der Waals surface area contributed by atoms with E-state index in [0.717, 1.165) is 6.42 Å². The first-order chi connectivity index (χ1) is 10.5. The summed E-state index contributed by atoms with van der Waals surface area (Å²) in [5.41, 5.74) is -0.905. The number of rotatable bonds is 2. The molecule has 1 atom stereocenters. The molecule has 0 aliphatic carbocycles. The molecule has 1 aliphatic rings. The van der Waals surface area contributed by atoms with Gasteiger partial charge in [-0.1, -0.05) is 25.1 Å². The van der Waals surface area contributed by atoms with E-state index < -0.39 is 5.60 Å². The molecule has 2 N–H and O–H groups in total. The first-order valence-corrected chi connectivity index (χ1v) is 7.53. The number of β-amino-alcohol motifs (C(OH)–C–C–N with tert-alkyl or cyclic N) is 1. The molecule has 1 amide bonds. The van der Waals surface area contributed by atoms with Crippen LogP contribution in [-0.4, -0.2) is 44.8 Å². The molecule has 0 radical (unpaired) electrons. The average molecular weight is 301 g/mol. The van der Waals surface area contributed by atoms with Gasteiger partial charge in [0, 0.05) is 18.5 Å². The lowest BCUT2D eigenvalue weighted by Crippen LogP contribution is -2.50. The lowest BCUT2D eigenvalue weighted by Gasteiger charge is -2.38. The molecule has 1 aromatic carbocycles. The molecule has 1 fully saturated rings. The second kappa shape index (κ2) is 5.53. The summed E-state index contributed by atoms with van der Waals surface area (Å²) >= 11 is 0. The molecule has 1 unspecified atom stereocenters. The smallest absolute Gasteiger partial charge is 0.275 e. The Morgan fingerprint density at radius 2 is 2.14 bits per heavy atom. The number of hydrogen-bond donors (Lipinski definition) is 2. The van der Waals surface area contributed by atoms with Crippen molar-refractivity contribution >= 4 is 16.7 Å². The van der Waals surface area contributed by atoms with Gasteiger partial charge < -0.3 is 10.0 Å². The molecule has 0 spiro atoms. The Balaban J connectivity index is 1.99. The largest absolute Gasteiger partial charge is 0.388 e. The average Bonchev–Trinajstić information content (AvgIpc) is 2.55. The van der Waals surface area contributed by atoms with Gasteiger partial charge in [-0.15, -0.1) is 0 Å². The number of aliphatic hydroxyl groups is 1. The molecular weight excluding hydrogens is 282 g/mol. The van der Waals surface area contributed by atoms with Gasteiger partial charge in [-0.05, 0) is 25.3 Å². The summed E-state index contributed by atoms with van der Waals surface area (Å²) in [6.07, 6.45) is 2.07. The van der Waals surface area contributed by atoms with Crippen LogP contribution in [0.15, 0.2) is 29.1 Å². The second-order valence-electron chi connectivity index (χ2n) is 5.86. The summed E-state index contributed by atoms with van der Waals surface area (Å²) in [4.78, 5) is 26.2. The molecule has 1 aliphatic heterocycles. The zero-order valence-corrected chi connectivity index (χ0v) is 12.5. The molecule has 22 heavy (non-hydrogen) atoms. The first kappa shape index (κ1) is 14.7. The minimum absolute atomic E-state index is 0.232. The number of carbonyl (C=O) groups is 1. The van der Waals surface area contributed by atoms with Crippen molar-refractivity contribution in [1.82, 2.24) is 15.1 Å². The maximum Gasteiger partial charge on any atom is 0.275 e. The van der Waals surface area contributed by atoms with Crippen LogP contribution in [0.1, 0.15) is 36.7 Å². The molecule has 2 heterocycles. The Morgan fingerprint density at radius 1 is 1.41 bits per heavy atom. The van der Waals surface area contributed by atoms with E-state index in [4.69, 9.17) is 0 Å². The SMILES string of the molecule is CCC1(O)CCCN(C(=O)c2n[nH]c(=O)c3ccccc23)C1. The molecular formula is C16H19N3O3. The van der Waals surface area contributed by atoms with Gasteiger partial charge in [0.15, 0.2) is 5.69 Å². The van der Waals surface area contributed by atoms with Crippen LogP contribution in [0.5, 0.6) is 0 Å². The van der Waals surface area contributed by atoms with Crippen molar-refractivity contribution in [2.45, 2.75) is 31.8 Å². The quantitative estimate of drug-likeness (QED) is 0.875. The second-order valence-corrected chi connectivity index (χ2v) is 5.86. The van der Waals surface area contributed by atoms with Crippen LogP contribution < -0.4 is 5.56 Å². The third-order valence-electron chi connectivity index (χ3n) is 4.40. The van der Waals surface area contributed by atoms with Crippen LogP contribution in [-0.2, 0) is 0 Å². The Kier molecular flexibility index (Phi) is 3.70. The highest BCUT2D eigenvalue weighted by Crippen LogP contribution is 2.25. The van der Waals surface area contributed by atoms with Crippen LogP contribution in [0.2, 0.25) is 0 Å². The van der Waals surface area contributed by atoms with Crippen molar-refractivity contribution in [2.75, 3.05) is 13.1 Å². The van der Waals surface area contributed by atoms with Crippen LogP contribution in [0.25, 0.3) is 10.8 Å². The Labute approximate surface area is 127 Å². The predicted molar refractivity (Wildman–Crippen MR) is 82.7 cm³/mol. The molecule has 3 rings (SSSR count). The normalized spacial score (nSPS) is 22.0. The van der Waals surface area contributed by atoms with Gasteiger partial charge in [0.25, 0.3) is 11.5 Å². The summed E-state index contributed by atoms with van der Waals surface area (Å²) in [6, 6.07) is 6.92. The fraction of sp³-hybridized carbons (Fsp3) is 0.438. The van der Waals surface area contributed by atoms with Crippen molar-refractivity contribution in [3.8, 4) is 0 Å². The van der Waals surface area contributed by atoms with E-state index in [0.29, 0.717) is 36.7 Å². The minimum Gasteiger partial charge on any atom is -0.388 e. The predicted octanol–water partition coefficient (Wildman–Crippen LogP) is 1.30. The van der Waals surface area contributed by atoms with E-state index >= 15 is 0 Å². The number of aromatic nitrogens is 2. The van der Waals surface area contributed by atoms with E-state index in [9.17, 15) is 14.7 Å². The number of H-pyrrole nitrogens is 1. The maximum absolute atomic E-state index is 12.8. The minimum atomic E-state index is -0.827. The molecule has 6 nitrogen and oxygen atoms in total. The number of nitrogens with one attached hydrogen (secondary N) is 1. The zero-order valence-electron chi connectivity index (χ0n) is 12.5. The number of amides is 1. The van der Waals surface area contributed by atoms with Crippen molar-refractivity contribution in [1.29, 1.82) is 0 Å². The number of benzene rings is 1. The van der Waals surface area contributed by atoms with Crippen molar-refractivity contribution < 1.29 is 9.90 Å². The lowest BCUT2D eigenvalue weighted by atomic mass is 9.90. The lowest BCUT2D eigenvalue weighted by molar-refractivity contribution is -0.0271. The number of carbonyl (C=O) groups excluding carboxylic acids is 1. The Bertz CT molecular complexity index is 771. The molecule has 116 valence electrons. The highest BCUT2D eigenvalue weighted by Gasteiger charge is 2.34.